The van der Waals surface area contributed by atoms with E-state index in [9.17, 15) is 4.79 Å². The molecule has 0 aliphatic rings. The molecule has 3 nitrogen and oxygen atoms in total. The number of carbonyl (C=O) groups excluding carboxylic acids is 1. The van der Waals surface area contributed by atoms with Crippen molar-refractivity contribution in [3.05, 3.63) is 35.4 Å². The lowest BCUT2D eigenvalue weighted by atomic mass is 10.1. The average Bonchev–Trinajstić information content (AvgIpc) is 2.21. The monoisotopic (exact) mass is 202 g/mol. The van der Waals surface area contributed by atoms with Crippen molar-refractivity contribution in [1.82, 2.24) is 4.90 Å². The molecule has 1 aromatic carbocycles. The van der Waals surface area contributed by atoms with Gasteiger partial charge in [-0.15, -0.1) is 0 Å². The minimum absolute atomic E-state index is 0.0224. The van der Waals surface area contributed by atoms with Crippen LogP contribution in [0.2, 0.25) is 0 Å². The van der Waals surface area contributed by atoms with E-state index in [1.165, 1.54) is 4.90 Å². The van der Waals surface area contributed by atoms with Gasteiger partial charge in [-0.05, 0) is 18.1 Å². The number of hydrogen-bond acceptors (Lipinski definition) is 2. The maximum absolute atomic E-state index is 11.6. The highest BCUT2D eigenvalue weighted by Crippen LogP contribution is 2.08. The van der Waals surface area contributed by atoms with Crippen LogP contribution < -0.4 is 0 Å². The molecule has 1 rings (SSSR count). The number of hydrogen-bond donors (Lipinski definition) is 0. The fourth-order valence-corrected chi connectivity index (χ4v) is 1.30. The Morgan fingerprint density at radius 3 is 2.73 bits per heavy atom. The third kappa shape index (κ3) is 3.10. The number of carbonyl (C=O) groups is 1. The van der Waals surface area contributed by atoms with Crippen LogP contribution in [0.5, 0.6) is 0 Å². The lowest BCUT2D eigenvalue weighted by Gasteiger charge is -2.13. The summed E-state index contributed by atoms with van der Waals surface area (Å²) in [6.07, 6.45) is 0.366. The van der Waals surface area contributed by atoms with Gasteiger partial charge in [0.25, 0.3) is 0 Å². The summed E-state index contributed by atoms with van der Waals surface area (Å²) < 4.78 is 0. The van der Waals surface area contributed by atoms with Crippen molar-refractivity contribution in [2.45, 2.75) is 13.3 Å². The second-order valence-electron chi connectivity index (χ2n) is 3.51. The van der Waals surface area contributed by atoms with Gasteiger partial charge >= 0.3 is 0 Å². The maximum atomic E-state index is 11.6. The summed E-state index contributed by atoms with van der Waals surface area (Å²) in [6.45, 7) is 2.12. The first-order chi connectivity index (χ1) is 7.15. The topological polar surface area (TPSA) is 44.1 Å². The first-order valence-electron chi connectivity index (χ1n) is 4.80. The molecule has 3 heteroatoms. The molecule has 0 saturated heterocycles. The summed E-state index contributed by atoms with van der Waals surface area (Å²) in [5.74, 6) is -0.0224. The molecule has 0 unspecified atom stereocenters. The van der Waals surface area contributed by atoms with Crippen molar-refractivity contribution >= 4 is 5.91 Å². The fraction of sp³-hybridized carbons (Fsp3) is 0.333. The Hall–Kier alpha value is -1.82. The van der Waals surface area contributed by atoms with Gasteiger partial charge in [0.15, 0.2) is 0 Å². The minimum atomic E-state index is -0.0224. The van der Waals surface area contributed by atoms with Crippen LogP contribution in [0.25, 0.3) is 0 Å². The number of aryl methyl sites for hydroxylation is 1. The standard InChI is InChI=1S/C12H14N2O/c1-10-5-3-4-6-11(10)9-12(15)14(2)8-7-13/h3-6H,8-9H2,1-2H3. The number of amides is 1. The Morgan fingerprint density at radius 1 is 1.47 bits per heavy atom. The molecule has 1 aromatic rings. The van der Waals surface area contributed by atoms with E-state index in [1.54, 1.807) is 7.05 Å². The molecule has 0 bridgehead atoms. The van der Waals surface area contributed by atoms with E-state index in [1.807, 2.05) is 37.3 Å². The fourth-order valence-electron chi connectivity index (χ4n) is 1.30. The van der Waals surface area contributed by atoms with Gasteiger partial charge < -0.3 is 4.90 Å². The van der Waals surface area contributed by atoms with Gasteiger partial charge in [0, 0.05) is 7.05 Å². The Morgan fingerprint density at radius 2 is 2.13 bits per heavy atom. The van der Waals surface area contributed by atoms with Crippen LogP contribution in [0.4, 0.5) is 0 Å². The Labute approximate surface area is 89.9 Å². The van der Waals surface area contributed by atoms with E-state index in [-0.39, 0.29) is 12.5 Å². The Bertz CT molecular complexity index is 393. The van der Waals surface area contributed by atoms with E-state index in [0.29, 0.717) is 6.42 Å². The lowest BCUT2D eigenvalue weighted by molar-refractivity contribution is -0.128. The molecule has 0 spiro atoms. The second kappa shape index (κ2) is 5.16. The van der Waals surface area contributed by atoms with E-state index < -0.39 is 0 Å². The van der Waals surface area contributed by atoms with Crippen molar-refractivity contribution in [1.29, 1.82) is 5.26 Å². The number of rotatable bonds is 3. The third-order valence-corrected chi connectivity index (χ3v) is 2.34. The number of benzene rings is 1. The molecular weight excluding hydrogens is 188 g/mol. The van der Waals surface area contributed by atoms with Crippen molar-refractivity contribution in [2.75, 3.05) is 13.6 Å². The van der Waals surface area contributed by atoms with Gasteiger partial charge in [0.05, 0.1) is 12.5 Å². The van der Waals surface area contributed by atoms with Gasteiger partial charge in [-0.3, -0.25) is 4.79 Å². The summed E-state index contributed by atoms with van der Waals surface area (Å²) >= 11 is 0. The van der Waals surface area contributed by atoms with Crippen LogP contribution in [-0.2, 0) is 11.2 Å². The zero-order valence-corrected chi connectivity index (χ0v) is 9.03. The molecule has 1 amide bonds. The molecule has 0 aromatic heterocycles. The van der Waals surface area contributed by atoms with Crippen LogP contribution in [0.1, 0.15) is 11.1 Å². The molecule has 0 aliphatic heterocycles. The highest BCUT2D eigenvalue weighted by atomic mass is 16.2. The molecule has 0 aliphatic carbocycles. The highest BCUT2D eigenvalue weighted by molar-refractivity contribution is 5.79. The Balaban J connectivity index is 2.67. The quantitative estimate of drug-likeness (QED) is 0.697. The molecule has 0 N–H and O–H groups in total. The Kier molecular flexibility index (Phi) is 3.87. The summed E-state index contributed by atoms with van der Waals surface area (Å²) in [6, 6.07) is 9.73. The van der Waals surface area contributed by atoms with Crippen LogP contribution in [0, 0.1) is 18.3 Å². The molecule has 0 saturated carbocycles. The molecule has 0 atom stereocenters. The van der Waals surface area contributed by atoms with Crippen molar-refractivity contribution in [3.63, 3.8) is 0 Å². The van der Waals surface area contributed by atoms with Gasteiger partial charge in [-0.25, -0.2) is 0 Å². The molecule has 0 fully saturated rings. The predicted octanol–water partition coefficient (Wildman–Crippen LogP) is 1.52. The normalized spacial score (nSPS) is 9.40. The molecular formula is C12H14N2O. The second-order valence-corrected chi connectivity index (χ2v) is 3.51. The number of nitriles is 1. The van der Waals surface area contributed by atoms with Crippen LogP contribution in [0.15, 0.2) is 24.3 Å². The van der Waals surface area contributed by atoms with Gasteiger partial charge in [-0.1, -0.05) is 24.3 Å². The van der Waals surface area contributed by atoms with Crippen LogP contribution >= 0.6 is 0 Å². The highest BCUT2D eigenvalue weighted by Gasteiger charge is 2.09. The van der Waals surface area contributed by atoms with E-state index >= 15 is 0 Å². The minimum Gasteiger partial charge on any atom is -0.332 e. The number of nitrogens with zero attached hydrogens (tertiary/aromatic N) is 2. The molecule has 0 radical (unpaired) electrons. The van der Waals surface area contributed by atoms with Crippen molar-refractivity contribution in [3.8, 4) is 6.07 Å². The molecule has 0 heterocycles. The number of likely N-dealkylation sites (N-methyl/N-ethyl adjacent to an activating group) is 1. The summed E-state index contributed by atoms with van der Waals surface area (Å²) in [4.78, 5) is 13.1. The smallest absolute Gasteiger partial charge is 0.227 e. The molecule has 15 heavy (non-hydrogen) atoms. The van der Waals surface area contributed by atoms with E-state index in [2.05, 4.69) is 0 Å². The van der Waals surface area contributed by atoms with E-state index in [4.69, 9.17) is 5.26 Å². The maximum Gasteiger partial charge on any atom is 0.227 e. The summed E-state index contributed by atoms with van der Waals surface area (Å²) in [7, 11) is 1.64. The third-order valence-electron chi connectivity index (χ3n) is 2.34. The largest absolute Gasteiger partial charge is 0.332 e. The van der Waals surface area contributed by atoms with Gasteiger partial charge in [-0.2, -0.15) is 5.26 Å². The first kappa shape index (κ1) is 11.3. The average molecular weight is 202 g/mol. The zero-order valence-electron chi connectivity index (χ0n) is 9.03. The SMILES string of the molecule is Cc1ccccc1CC(=O)N(C)CC#N. The van der Waals surface area contributed by atoms with Gasteiger partial charge in [0.2, 0.25) is 5.91 Å². The van der Waals surface area contributed by atoms with Gasteiger partial charge in [0.1, 0.15) is 6.54 Å². The molecule has 78 valence electrons. The van der Waals surface area contributed by atoms with Crippen LogP contribution in [-0.4, -0.2) is 24.4 Å². The van der Waals surface area contributed by atoms with Crippen molar-refractivity contribution in [2.24, 2.45) is 0 Å². The zero-order chi connectivity index (χ0) is 11.3. The first-order valence-corrected chi connectivity index (χ1v) is 4.80. The van der Waals surface area contributed by atoms with E-state index in [0.717, 1.165) is 11.1 Å². The van der Waals surface area contributed by atoms with Crippen molar-refractivity contribution < 1.29 is 4.79 Å². The van der Waals surface area contributed by atoms with Crippen LogP contribution in [0.3, 0.4) is 0 Å². The summed E-state index contributed by atoms with van der Waals surface area (Å²) in [5, 5.41) is 8.46. The lowest BCUT2D eigenvalue weighted by Crippen LogP contribution is -2.28. The predicted molar refractivity (Wildman–Crippen MR) is 58.1 cm³/mol. The summed E-state index contributed by atoms with van der Waals surface area (Å²) in [5.41, 5.74) is 2.13.